The van der Waals surface area contributed by atoms with Crippen LogP contribution in [0.15, 0.2) is 27.8 Å². The first-order chi connectivity index (χ1) is 13.8. The summed E-state index contributed by atoms with van der Waals surface area (Å²) in [5.74, 6) is 0.0714. The molecule has 4 N–H and O–H groups in total. The fourth-order valence-corrected chi connectivity index (χ4v) is 4.55. The van der Waals surface area contributed by atoms with E-state index in [9.17, 15) is 13.8 Å². The molecule has 0 spiro atoms. The first kappa shape index (κ1) is 19.7. The van der Waals surface area contributed by atoms with E-state index in [2.05, 4.69) is 20.6 Å². The van der Waals surface area contributed by atoms with E-state index in [0.717, 1.165) is 11.1 Å². The van der Waals surface area contributed by atoms with Gasteiger partial charge in [-0.2, -0.15) is 0 Å². The summed E-state index contributed by atoms with van der Waals surface area (Å²) >= 11 is 0. The van der Waals surface area contributed by atoms with Crippen molar-refractivity contribution in [1.82, 2.24) is 20.1 Å². The number of hydrogen-bond donors (Lipinski definition) is 4. The molecule has 29 heavy (non-hydrogen) atoms. The van der Waals surface area contributed by atoms with Crippen LogP contribution in [0.4, 0.5) is 10.2 Å². The number of hydrogen-bond acceptors (Lipinski definition) is 8. The Kier molecular flexibility index (Phi) is 5.23. The number of halogens is 1. The normalized spacial score (nSPS) is 22.4. The molecule has 2 atom stereocenters. The van der Waals surface area contributed by atoms with Gasteiger partial charge in [0.05, 0.1) is 6.04 Å². The third kappa shape index (κ3) is 4.09. The number of nitrogens with one attached hydrogen (secondary N) is 3. The van der Waals surface area contributed by atoms with Crippen molar-refractivity contribution in [1.29, 1.82) is 4.78 Å². The average molecular weight is 423 g/mol. The maximum absolute atomic E-state index is 13.5. The summed E-state index contributed by atoms with van der Waals surface area (Å²) in [6.45, 7) is 1.06. The number of rotatable bonds is 5. The van der Waals surface area contributed by atoms with Gasteiger partial charge in [0.2, 0.25) is 5.82 Å². The Bertz CT molecular complexity index is 1030. The highest BCUT2D eigenvalue weighted by Crippen LogP contribution is 2.37. The average Bonchev–Trinajstić information content (AvgIpc) is 3.12. The first-order valence-corrected chi connectivity index (χ1v) is 11.1. The fraction of sp³-hybridized carbons (Fsp3) is 0.471. The quantitative estimate of drug-likeness (QED) is 0.326. The number of anilines is 1. The minimum Gasteiger partial charge on any atom is -0.362 e. The molecule has 1 aliphatic carbocycles. The van der Waals surface area contributed by atoms with Crippen molar-refractivity contribution in [2.24, 2.45) is 4.99 Å². The van der Waals surface area contributed by atoms with Crippen molar-refractivity contribution in [3.05, 3.63) is 40.8 Å². The van der Waals surface area contributed by atoms with Crippen molar-refractivity contribution < 1.29 is 18.4 Å². The van der Waals surface area contributed by atoms with Crippen molar-refractivity contribution in [2.45, 2.75) is 31.3 Å². The standard InChI is InChI=1S/C17H22FN7O3S/c1-29(19,27)25-6-4-12(5-7-25)20-17-15(23-28-24-17)16(22-26)21-14-8-10-2-3-11(18)9-13(10)14/h2-3,9,12,14,19,26H,4-8H2,1H3,(H,20,24)(H,21,22)/t14-,29-/m0/s1. The molecule has 0 radical (unpaired) electrons. The number of aliphatic imine (C=N–C) groups is 1. The lowest BCUT2D eigenvalue weighted by Gasteiger charge is -2.32. The van der Waals surface area contributed by atoms with Crippen LogP contribution in [0.2, 0.25) is 0 Å². The Hall–Kier alpha value is -2.57. The van der Waals surface area contributed by atoms with Gasteiger partial charge in [-0.05, 0) is 52.8 Å². The van der Waals surface area contributed by atoms with E-state index in [4.69, 9.17) is 9.41 Å². The zero-order chi connectivity index (χ0) is 20.6. The lowest BCUT2D eigenvalue weighted by molar-refractivity contribution is 0.232. The van der Waals surface area contributed by atoms with Gasteiger partial charge >= 0.3 is 0 Å². The molecule has 0 unspecified atom stereocenters. The zero-order valence-electron chi connectivity index (χ0n) is 15.8. The molecule has 1 fully saturated rings. The molecule has 2 aromatic rings. The summed E-state index contributed by atoms with van der Waals surface area (Å²) in [5.41, 5.74) is 4.05. The second-order valence-electron chi connectivity index (χ2n) is 7.26. The van der Waals surface area contributed by atoms with Crippen molar-refractivity contribution >= 4 is 21.6 Å². The molecule has 2 heterocycles. The summed E-state index contributed by atoms with van der Waals surface area (Å²) in [7, 11) is -2.70. The molecule has 1 aliphatic heterocycles. The van der Waals surface area contributed by atoms with Crippen LogP contribution in [0.1, 0.15) is 35.7 Å². The molecule has 10 nitrogen and oxygen atoms in total. The third-order valence-corrected chi connectivity index (χ3v) is 6.62. The topological polar surface area (TPSA) is 140 Å². The van der Waals surface area contributed by atoms with E-state index in [1.165, 1.54) is 18.4 Å². The smallest absolute Gasteiger partial charge is 0.202 e. The van der Waals surface area contributed by atoms with Crippen LogP contribution in [-0.2, 0) is 16.3 Å². The van der Waals surface area contributed by atoms with Gasteiger partial charge in [-0.1, -0.05) is 6.07 Å². The summed E-state index contributed by atoms with van der Waals surface area (Å²) in [5, 5.41) is 20.5. The summed E-state index contributed by atoms with van der Waals surface area (Å²) in [6, 6.07) is 4.31. The van der Waals surface area contributed by atoms with Crippen molar-refractivity contribution in [3.8, 4) is 0 Å². The van der Waals surface area contributed by atoms with E-state index >= 15 is 0 Å². The van der Waals surface area contributed by atoms with Crippen LogP contribution in [0, 0.1) is 10.6 Å². The molecular formula is C17H22FN7O3S. The van der Waals surface area contributed by atoms with Crippen LogP contribution in [-0.4, -0.2) is 55.3 Å². The van der Waals surface area contributed by atoms with E-state index in [1.54, 1.807) is 10.4 Å². The number of hydroxylamine groups is 1. The van der Waals surface area contributed by atoms with Gasteiger partial charge in [0.1, 0.15) is 15.7 Å². The maximum Gasteiger partial charge on any atom is 0.202 e. The second kappa shape index (κ2) is 7.69. The van der Waals surface area contributed by atoms with Gasteiger partial charge in [-0.3, -0.25) is 15.7 Å². The number of fused-ring (bicyclic) bond motifs is 1. The largest absolute Gasteiger partial charge is 0.362 e. The van der Waals surface area contributed by atoms with Crippen molar-refractivity contribution in [2.75, 3.05) is 24.7 Å². The van der Waals surface area contributed by atoms with Crippen LogP contribution >= 0.6 is 0 Å². The highest BCUT2D eigenvalue weighted by Gasteiger charge is 2.29. The minimum atomic E-state index is -2.70. The predicted octanol–water partition coefficient (Wildman–Crippen LogP) is 1.70. The minimum absolute atomic E-state index is 0.0251. The van der Waals surface area contributed by atoms with Gasteiger partial charge in [-0.25, -0.2) is 22.3 Å². The van der Waals surface area contributed by atoms with Crippen molar-refractivity contribution in [3.63, 3.8) is 0 Å². The Morgan fingerprint density at radius 3 is 2.86 bits per heavy atom. The predicted molar refractivity (Wildman–Crippen MR) is 104 cm³/mol. The molecule has 0 saturated carbocycles. The molecule has 0 bridgehead atoms. The van der Waals surface area contributed by atoms with Crippen LogP contribution in [0.3, 0.4) is 0 Å². The first-order valence-electron chi connectivity index (χ1n) is 9.19. The highest BCUT2D eigenvalue weighted by molar-refractivity contribution is 7.89. The Morgan fingerprint density at radius 1 is 1.41 bits per heavy atom. The van der Waals surface area contributed by atoms with Crippen LogP contribution in [0.5, 0.6) is 0 Å². The number of aromatic nitrogens is 2. The Labute approximate surface area is 167 Å². The van der Waals surface area contributed by atoms with E-state index in [1.807, 2.05) is 5.48 Å². The van der Waals surface area contributed by atoms with Gasteiger partial charge in [0.25, 0.3) is 0 Å². The molecule has 12 heteroatoms. The second-order valence-corrected chi connectivity index (χ2v) is 9.39. The Balaban J connectivity index is 1.47. The molecule has 1 aromatic carbocycles. The SMILES string of the molecule is C[S@@](=N)(=O)N1CCC(Nc2nonc2C(=N[C@H]2Cc3ccc(F)cc32)NO)CC1. The number of amidine groups is 1. The monoisotopic (exact) mass is 423 g/mol. The summed E-state index contributed by atoms with van der Waals surface area (Å²) < 4.78 is 39.5. The van der Waals surface area contributed by atoms with Crippen LogP contribution < -0.4 is 10.8 Å². The third-order valence-electron chi connectivity index (χ3n) is 5.27. The fourth-order valence-electron chi connectivity index (χ4n) is 3.64. The lowest BCUT2D eigenvalue weighted by atomic mass is 9.83. The van der Waals surface area contributed by atoms with Crippen LogP contribution in [0.25, 0.3) is 0 Å². The van der Waals surface area contributed by atoms with Gasteiger partial charge in [0.15, 0.2) is 11.5 Å². The lowest BCUT2D eigenvalue weighted by Crippen LogP contribution is -2.41. The van der Waals surface area contributed by atoms with Gasteiger partial charge in [-0.15, -0.1) is 0 Å². The summed E-state index contributed by atoms with van der Waals surface area (Å²) in [6.07, 6.45) is 3.39. The molecule has 4 rings (SSSR count). The highest BCUT2D eigenvalue weighted by atomic mass is 32.2. The van der Waals surface area contributed by atoms with E-state index in [0.29, 0.717) is 38.2 Å². The molecule has 1 aromatic heterocycles. The Morgan fingerprint density at radius 2 is 2.17 bits per heavy atom. The van der Waals surface area contributed by atoms with E-state index < -0.39 is 9.92 Å². The number of piperidine rings is 1. The molecule has 156 valence electrons. The molecule has 0 amide bonds. The number of benzene rings is 1. The number of nitrogens with zero attached hydrogens (tertiary/aromatic N) is 4. The van der Waals surface area contributed by atoms with Gasteiger partial charge in [0, 0.05) is 25.4 Å². The molecular weight excluding hydrogens is 401 g/mol. The molecule has 2 aliphatic rings. The molecule has 1 saturated heterocycles. The maximum atomic E-state index is 13.5. The van der Waals surface area contributed by atoms with Gasteiger partial charge < -0.3 is 5.32 Å². The summed E-state index contributed by atoms with van der Waals surface area (Å²) in [4.78, 5) is 4.44. The van der Waals surface area contributed by atoms with E-state index in [-0.39, 0.29) is 29.4 Å². The zero-order valence-corrected chi connectivity index (χ0v) is 16.6.